The Bertz CT molecular complexity index is 800. The number of benzene rings is 2. The normalized spacial score (nSPS) is 12.8. The van der Waals surface area contributed by atoms with E-state index in [1.807, 2.05) is 49.4 Å². The maximum Gasteiger partial charge on any atom is 0.231 e. The predicted molar refractivity (Wildman–Crippen MR) is 82.5 cm³/mol. The van der Waals surface area contributed by atoms with E-state index in [9.17, 15) is 0 Å². The van der Waals surface area contributed by atoms with Gasteiger partial charge in [-0.2, -0.15) is 0 Å². The Labute approximate surface area is 128 Å². The van der Waals surface area contributed by atoms with Gasteiger partial charge in [0.2, 0.25) is 6.79 Å². The molecule has 0 aliphatic carbocycles. The van der Waals surface area contributed by atoms with Gasteiger partial charge in [0.15, 0.2) is 11.5 Å². The minimum Gasteiger partial charge on any atom is -0.454 e. The summed E-state index contributed by atoms with van der Waals surface area (Å²) in [6, 6.07) is 13.0. The molecule has 1 atom stereocenters. The number of hydrogen-bond acceptors (Lipinski definition) is 3. The van der Waals surface area contributed by atoms with Crippen LogP contribution in [0.1, 0.15) is 29.7 Å². The topological polar surface area (TPSA) is 67.2 Å². The van der Waals surface area contributed by atoms with Gasteiger partial charge in [0.25, 0.3) is 0 Å². The Hall–Kier alpha value is -3.09. The molecule has 0 bridgehead atoms. The Kier molecular flexibility index (Phi) is 3.86. The molecule has 0 aromatic heterocycles. The standard InChI is InChI=1S/C17H13N3O2/c1-12(19-20-18)15-10-17-16(21-11-22-17)9-14(15)8-7-13-5-3-2-4-6-13/h2-6,9-10,12H,11H2,1H3. The van der Waals surface area contributed by atoms with Crippen LogP contribution in [0.2, 0.25) is 0 Å². The maximum absolute atomic E-state index is 8.66. The average molecular weight is 291 g/mol. The zero-order valence-corrected chi connectivity index (χ0v) is 12.0. The molecule has 0 radical (unpaired) electrons. The zero-order chi connectivity index (χ0) is 15.4. The smallest absolute Gasteiger partial charge is 0.231 e. The van der Waals surface area contributed by atoms with Crippen LogP contribution in [0.3, 0.4) is 0 Å². The Morgan fingerprint density at radius 1 is 1.14 bits per heavy atom. The van der Waals surface area contributed by atoms with Crippen LogP contribution < -0.4 is 9.47 Å². The molecule has 1 heterocycles. The highest BCUT2D eigenvalue weighted by Crippen LogP contribution is 2.37. The van der Waals surface area contributed by atoms with Gasteiger partial charge < -0.3 is 9.47 Å². The van der Waals surface area contributed by atoms with Gasteiger partial charge in [-0.05, 0) is 29.3 Å². The van der Waals surface area contributed by atoms with E-state index in [1.54, 1.807) is 0 Å². The molecule has 0 saturated carbocycles. The summed E-state index contributed by atoms with van der Waals surface area (Å²) in [5, 5.41) is 3.75. The van der Waals surface area contributed by atoms with E-state index in [1.165, 1.54) is 0 Å². The van der Waals surface area contributed by atoms with Crippen LogP contribution in [0.5, 0.6) is 11.5 Å². The van der Waals surface area contributed by atoms with Crippen LogP contribution in [-0.2, 0) is 0 Å². The lowest BCUT2D eigenvalue weighted by Gasteiger charge is -2.09. The van der Waals surface area contributed by atoms with Crippen molar-refractivity contribution in [2.24, 2.45) is 5.11 Å². The number of fused-ring (bicyclic) bond motifs is 1. The summed E-state index contributed by atoms with van der Waals surface area (Å²) in [6.07, 6.45) is 0. The molecule has 0 saturated heterocycles. The summed E-state index contributed by atoms with van der Waals surface area (Å²) in [7, 11) is 0. The fraction of sp³-hybridized carbons (Fsp3) is 0.176. The maximum atomic E-state index is 8.66. The van der Waals surface area contributed by atoms with Gasteiger partial charge in [0.1, 0.15) is 0 Å². The molecular weight excluding hydrogens is 278 g/mol. The van der Waals surface area contributed by atoms with Gasteiger partial charge in [-0.1, -0.05) is 42.1 Å². The van der Waals surface area contributed by atoms with Gasteiger partial charge in [0, 0.05) is 22.1 Å². The second-order valence-corrected chi connectivity index (χ2v) is 4.79. The van der Waals surface area contributed by atoms with Gasteiger partial charge in [-0.15, -0.1) is 0 Å². The predicted octanol–water partition coefficient (Wildman–Crippen LogP) is 4.19. The highest BCUT2D eigenvalue weighted by Gasteiger charge is 2.19. The molecule has 2 aromatic carbocycles. The second-order valence-electron chi connectivity index (χ2n) is 4.79. The van der Waals surface area contributed by atoms with E-state index < -0.39 is 0 Å². The number of hydrogen-bond donors (Lipinski definition) is 0. The van der Waals surface area contributed by atoms with E-state index in [4.69, 9.17) is 15.0 Å². The zero-order valence-electron chi connectivity index (χ0n) is 12.0. The SMILES string of the molecule is CC(N=[N+]=[N-])c1cc2c(cc1C#Cc1ccccc1)OCO2. The highest BCUT2D eigenvalue weighted by atomic mass is 16.7. The van der Waals surface area contributed by atoms with Crippen LogP contribution in [0, 0.1) is 11.8 Å². The van der Waals surface area contributed by atoms with Crippen molar-refractivity contribution in [1.82, 2.24) is 0 Å². The molecule has 5 nitrogen and oxygen atoms in total. The fourth-order valence-corrected chi connectivity index (χ4v) is 2.21. The van der Waals surface area contributed by atoms with Crippen LogP contribution in [-0.4, -0.2) is 6.79 Å². The third-order valence-electron chi connectivity index (χ3n) is 3.33. The number of azide groups is 1. The van der Waals surface area contributed by atoms with Gasteiger partial charge in [0.05, 0.1) is 6.04 Å². The lowest BCUT2D eigenvalue weighted by Crippen LogP contribution is -1.94. The van der Waals surface area contributed by atoms with Crippen molar-refractivity contribution in [2.75, 3.05) is 6.79 Å². The van der Waals surface area contributed by atoms with E-state index in [0.717, 1.165) is 16.7 Å². The lowest BCUT2D eigenvalue weighted by atomic mass is 10.0. The molecule has 5 heteroatoms. The van der Waals surface area contributed by atoms with E-state index in [0.29, 0.717) is 11.5 Å². The van der Waals surface area contributed by atoms with E-state index in [-0.39, 0.29) is 12.8 Å². The molecule has 0 spiro atoms. The molecule has 0 N–H and O–H groups in total. The van der Waals surface area contributed by atoms with Crippen LogP contribution in [0.4, 0.5) is 0 Å². The first-order valence-electron chi connectivity index (χ1n) is 6.83. The molecule has 3 rings (SSSR count). The fourth-order valence-electron chi connectivity index (χ4n) is 2.21. The van der Waals surface area contributed by atoms with Gasteiger partial charge in [-0.25, -0.2) is 0 Å². The monoisotopic (exact) mass is 291 g/mol. The Morgan fingerprint density at radius 2 is 1.86 bits per heavy atom. The second kappa shape index (κ2) is 6.13. The molecule has 1 unspecified atom stereocenters. The first-order chi connectivity index (χ1) is 10.8. The number of nitrogens with zero attached hydrogens (tertiary/aromatic N) is 3. The molecule has 108 valence electrons. The molecule has 0 fully saturated rings. The van der Waals surface area contributed by atoms with Crippen molar-refractivity contribution < 1.29 is 9.47 Å². The summed E-state index contributed by atoms with van der Waals surface area (Å²) in [5.41, 5.74) is 11.2. The van der Waals surface area contributed by atoms with Crippen LogP contribution in [0.15, 0.2) is 47.6 Å². The summed E-state index contributed by atoms with van der Waals surface area (Å²) < 4.78 is 10.8. The highest BCUT2D eigenvalue weighted by molar-refractivity contribution is 5.56. The Balaban J connectivity index is 2.05. The van der Waals surface area contributed by atoms with Crippen molar-refractivity contribution in [3.8, 4) is 23.3 Å². The largest absolute Gasteiger partial charge is 0.454 e. The first-order valence-corrected chi connectivity index (χ1v) is 6.83. The van der Waals surface area contributed by atoms with Crippen LogP contribution in [0.25, 0.3) is 10.4 Å². The van der Waals surface area contributed by atoms with Crippen LogP contribution >= 0.6 is 0 Å². The molecule has 2 aromatic rings. The van der Waals surface area contributed by atoms with E-state index in [2.05, 4.69) is 21.9 Å². The number of rotatable bonds is 2. The number of ether oxygens (including phenoxy) is 2. The molecular formula is C17H13N3O2. The molecule has 1 aliphatic heterocycles. The summed E-state index contributed by atoms with van der Waals surface area (Å²) in [5.74, 6) is 7.55. The first kappa shape index (κ1) is 13.9. The average Bonchev–Trinajstić information content (AvgIpc) is 3.00. The third-order valence-corrected chi connectivity index (χ3v) is 3.33. The van der Waals surface area contributed by atoms with Crippen molar-refractivity contribution in [2.45, 2.75) is 13.0 Å². The van der Waals surface area contributed by atoms with Crippen molar-refractivity contribution in [1.29, 1.82) is 0 Å². The lowest BCUT2D eigenvalue weighted by molar-refractivity contribution is 0.174. The summed E-state index contributed by atoms with van der Waals surface area (Å²) >= 11 is 0. The summed E-state index contributed by atoms with van der Waals surface area (Å²) in [6.45, 7) is 2.02. The molecule has 22 heavy (non-hydrogen) atoms. The van der Waals surface area contributed by atoms with E-state index >= 15 is 0 Å². The van der Waals surface area contributed by atoms with Crippen molar-refractivity contribution in [3.05, 3.63) is 69.6 Å². The quantitative estimate of drug-likeness (QED) is 0.360. The third kappa shape index (κ3) is 2.83. The molecule has 1 aliphatic rings. The summed E-state index contributed by atoms with van der Waals surface area (Å²) in [4.78, 5) is 2.87. The minimum absolute atomic E-state index is 0.195. The Morgan fingerprint density at radius 3 is 2.59 bits per heavy atom. The van der Waals surface area contributed by atoms with Gasteiger partial charge in [-0.3, -0.25) is 0 Å². The minimum atomic E-state index is -0.334. The van der Waals surface area contributed by atoms with Gasteiger partial charge >= 0.3 is 0 Å². The van der Waals surface area contributed by atoms with Crippen molar-refractivity contribution in [3.63, 3.8) is 0 Å². The molecule has 0 amide bonds. The van der Waals surface area contributed by atoms with Crippen molar-refractivity contribution >= 4 is 0 Å².